The van der Waals surface area contributed by atoms with Crippen LogP contribution in [0.15, 0.2) is 0 Å². The second-order valence-electron chi connectivity index (χ2n) is 2.01. The molecule has 0 rings (SSSR count). The first-order valence-electron chi connectivity index (χ1n) is 3.23. The predicted octanol–water partition coefficient (Wildman–Crippen LogP) is -0.741. The summed E-state index contributed by atoms with van der Waals surface area (Å²) in [4.78, 5) is 20.4. The van der Waals surface area contributed by atoms with Crippen molar-refractivity contribution in [2.75, 3.05) is 13.7 Å². The lowest BCUT2D eigenvalue weighted by molar-refractivity contribution is -0.109. The van der Waals surface area contributed by atoms with E-state index in [1.54, 1.807) is 0 Å². The van der Waals surface area contributed by atoms with Crippen LogP contribution in [-0.2, 0) is 9.53 Å². The smallest absolute Gasteiger partial charge is 0.406 e. The van der Waals surface area contributed by atoms with Crippen LogP contribution in [0.2, 0.25) is 0 Å². The summed E-state index contributed by atoms with van der Waals surface area (Å²) in [6.45, 7) is 0.354. The lowest BCUT2D eigenvalue weighted by Crippen LogP contribution is -2.30. The van der Waals surface area contributed by atoms with Gasteiger partial charge >= 0.3 is 6.09 Å². The molecule has 0 radical (unpaired) electrons. The molecule has 5 nitrogen and oxygen atoms in total. The predicted molar refractivity (Wildman–Crippen MR) is 39.1 cm³/mol. The number of amides is 1. The molecule has 3 N–H and O–H groups in total. The molecule has 0 fully saturated rings. The van der Waals surface area contributed by atoms with E-state index in [1.807, 2.05) is 0 Å². The first-order chi connectivity index (χ1) is 5.20. The third kappa shape index (κ3) is 5.35. The summed E-state index contributed by atoms with van der Waals surface area (Å²) in [7, 11) is 1.27. The highest BCUT2D eigenvalue weighted by molar-refractivity contribution is 5.66. The number of carbonyl (C=O) groups excluding carboxylic acids is 2. The molecule has 0 saturated carbocycles. The normalized spacial score (nSPS) is 11.8. The van der Waals surface area contributed by atoms with Crippen LogP contribution in [0, 0.1) is 0 Å². The molecule has 0 spiro atoms. The fourth-order valence-electron chi connectivity index (χ4n) is 0.481. The minimum atomic E-state index is -0.511. The van der Waals surface area contributed by atoms with Gasteiger partial charge in [-0.15, -0.1) is 0 Å². The topological polar surface area (TPSA) is 81.4 Å². The Kier molecular flexibility index (Phi) is 5.10. The molecule has 1 amide bonds. The van der Waals surface area contributed by atoms with Crippen LogP contribution < -0.4 is 11.1 Å². The molecule has 0 aromatic rings. The van der Waals surface area contributed by atoms with Crippen molar-refractivity contribution >= 4 is 12.4 Å². The van der Waals surface area contributed by atoms with Crippen molar-refractivity contribution in [1.29, 1.82) is 0 Å². The van der Waals surface area contributed by atoms with Gasteiger partial charge < -0.3 is 20.6 Å². The summed E-state index contributed by atoms with van der Waals surface area (Å²) in [5.41, 5.74) is 5.24. The molecule has 0 saturated heterocycles. The largest absolute Gasteiger partial charge is 0.453 e. The summed E-state index contributed by atoms with van der Waals surface area (Å²) < 4.78 is 4.29. The molecule has 0 aliphatic heterocycles. The molecule has 1 atom stereocenters. The molecular weight excluding hydrogens is 148 g/mol. The molecular formula is C6H12N2O3. The Labute approximate surface area is 64.9 Å². The Bertz CT molecular complexity index is 138. The van der Waals surface area contributed by atoms with Crippen LogP contribution in [0.5, 0.6) is 0 Å². The molecule has 11 heavy (non-hydrogen) atoms. The van der Waals surface area contributed by atoms with E-state index in [4.69, 9.17) is 5.73 Å². The van der Waals surface area contributed by atoms with Gasteiger partial charge in [-0.1, -0.05) is 0 Å². The number of rotatable bonds is 4. The van der Waals surface area contributed by atoms with Gasteiger partial charge in [0.1, 0.15) is 6.29 Å². The highest BCUT2D eigenvalue weighted by Crippen LogP contribution is 1.81. The van der Waals surface area contributed by atoms with Gasteiger partial charge in [0.2, 0.25) is 0 Å². The Morgan fingerprint density at radius 1 is 1.82 bits per heavy atom. The number of ether oxygens (including phenoxy) is 1. The van der Waals surface area contributed by atoms with E-state index in [0.29, 0.717) is 19.3 Å². The zero-order valence-corrected chi connectivity index (χ0v) is 6.37. The van der Waals surface area contributed by atoms with Gasteiger partial charge in [-0.25, -0.2) is 4.79 Å². The molecule has 0 aliphatic carbocycles. The number of carbonyl (C=O) groups is 2. The molecule has 64 valence electrons. The fraction of sp³-hybridized carbons (Fsp3) is 0.667. The SMILES string of the molecule is COC(=O)NCCC(N)C=O. The van der Waals surface area contributed by atoms with Crippen molar-refractivity contribution in [3.8, 4) is 0 Å². The minimum Gasteiger partial charge on any atom is -0.453 e. The monoisotopic (exact) mass is 160 g/mol. The van der Waals surface area contributed by atoms with Crippen LogP contribution >= 0.6 is 0 Å². The number of methoxy groups -OCH3 is 1. The van der Waals surface area contributed by atoms with E-state index < -0.39 is 12.1 Å². The minimum absolute atomic E-state index is 0.354. The van der Waals surface area contributed by atoms with Crippen molar-refractivity contribution in [2.45, 2.75) is 12.5 Å². The van der Waals surface area contributed by atoms with Gasteiger partial charge in [-0.05, 0) is 6.42 Å². The summed E-state index contributed by atoms with van der Waals surface area (Å²) in [5, 5.41) is 2.40. The maximum Gasteiger partial charge on any atom is 0.406 e. The summed E-state index contributed by atoms with van der Waals surface area (Å²) in [6, 6.07) is -0.507. The molecule has 0 aliphatic rings. The Morgan fingerprint density at radius 3 is 2.91 bits per heavy atom. The number of hydrogen-bond donors (Lipinski definition) is 2. The van der Waals surface area contributed by atoms with E-state index in [0.717, 1.165) is 0 Å². The first kappa shape index (κ1) is 9.90. The van der Waals surface area contributed by atoms with Crippen molar-refractivity contribution in [1.82, 2.24) is 5.32 Å². The maximum absolute atomic E-state index is 10.4. The third-order valence-electron chi connectivity index (χ3n) is 1.11. The molecule has 0 bridgehead atoms. The Morgan fingerprint density at radius 2 is 2.45 bits per heavy atom. The number of hydrogen-bond acceptors (Lipinski definition) is 4. The number of alkyl carbamates (subject to hydrolysis) is 1. The van der Waals surface area contributed by atoms with Crippen LogP contribution in [0.25, 0.3) is 0 Å². The van der Waals surface area contributed by atoms with E-state index in [9.17, 15) is 9.59 Å². The van der Waals surface area contributed by atoms with E-state index in [-0.39, 0.29) is 0 Å². The van der Waals surface area contributed by atoms with Crippen LogP contribution in [0.1, 0.15) is 6.42 Å². The number of nitrogens with two attached hydrogens (primary N) is 1. The average molecular weight is 160 g/mol. The zero-order chi connectivity index (χ0) is 8.69. The van der Waals surface area contributed by atoms with E-state index in [1.165, 1.54) is 7.11 Å². The quantitative estimate of drug-likeness (QED) is 0.530. The van der Waals surface area contributed by atoms with Gasteiger partial charge in [-0.3, -0.25) is 0 Å². The van der Waals surface area contributed by atoms with Crippen LogP contribution in [0.4, 0.5) is 4.79 Å². The second-order valence-corrected chi connectivity index (χ2v) is 2.01. The van der Waals surface area contributed by atoms with Crippen molar-refractivity contribution < 1.29 is 14.3 Å². The lowest BCUT2D eigenvalue weighted by Gasteiger charge is -2.04. The third-order valence-corrected chi connectivity index (χ3v) is 1.11. The van der Waals surface area contributed by atoms with Gasteiger partial charge in [0.15, 0.2) is 0 Å². The van der Waals surface area contributed by atoms with Gasteiger partial charge in [0, 0.05) is 6.54 Å². The van der Waals surface area contributed by atoms with E-state index >= 15 is 0 Å². The molecule has 0 aromatic heterocycles. The summed E-state index contributed by atoms with van der Waals surface area (Å²) >= 11 is 0. The van der Waals surface area contributed by atoms with Gasteiger partial charge in [-0.2, -0.15) is 0 Å². The molecule has 0 aromatic carbocycles. The highest BCUT2D eigenvalue weighted by Gasteiger charge is 2.01. The van der Waals surface area contributed by atoms with Crippen molar-refractivity contribution in [2.24, 2.45) is 5.73 Å². The second kappa shape index (κ2) is 5.67. The van der Waals surface area contributed by atoms with Crippen LogP contribution in [0.3, 0.4) is 0 Å². The summed E-state index contributed by atoms with van der Waals surface area (Å²) in [6.07, 6.45) is 0.556. The molecule has 5 heteroatoms. The number of aldehydes is 1. The Balaban J connectivity index is 3.26. The fourth-order valence-corrected chi connectivity index (χ4v) is 0.481. The average Bonchev–Trinajstić information content (AvgIpc) is 2.04. The standard InChI is InChI=1S/C6H12N2O3/c1-11-6(10)8-3-2-5(7)4-9/h4-5H,2-3,7H2,1H3,(H,8,10). The highest BCUT2D eigenvalue weighted by atomic mass is 16.5. The van der Waals surface area contributed by atoms with Gasteiger partial charge in [0.25, 0.3) is 0 Å². The van der Waals surface area contributed by atoms with Crippen molar-refractivity contribution in [3.63, 3.8) is 0 Å². The molecule has 1 unspecified atom stereocenters. The van der Waals surface area contributed by atoms with Crippen molar-refractivity contribution in [3.05, 3.63) is 0 Å². The molecule has 0 heterocycles. The lowest BCUT2D eigenvalue weighted by atomic mass is 10.2. The van der Waals surface area contributed by atoms with Crippen LogP contribution in [-0.4, -0.2) is 32.1 Å². The first-order valence-corrected chi connectivity index (χ1v) is 3.23. The Hall–Kier alpha value is -1.10. The maximum atomic E-state index is 10.4. The zero-order valence-electron chi connectivity index (χ0n) is 6.37. The summed E-state index contributed by atoms with van der Waals surface area (Å²) in [5.74, 6) is 0. The van der Waals surface area contributed by atoms with E-state index in [2.05, 4.69) is 10.1 Å². The number of nitrogens with one attached hydrogen (secondary N) is 1. The van der Waals surface area contributed by atoms with Gasteiger partial charge in [0.05, 0.1) is 13.2 Å².